The summed E-state index contributed by atoms with van der Waals surface area (Å²) < 4.78 is 80.1. The van der Waals surface area contributed by atoms with Crippen LogP contribution in [0.4, 0.5) is 31.5 Å². The Morgan fingerprint density at radius 2 is 1.74 bits per heavy atom. The van der Waals surface area contributed by atoms with Crippen LogP contribution in [0.25, 0.3) is 16.9 Å². The van der Waals surface area contributed by atoms with Gasteiger partial charge in [-0.1, -0.05) is 29.4 Å². The number of amides is 1. The van der Waals surface area contributed by atoms with E-state index >= 15 is 0 Å². The molecule has 0 fully saturated rings. The van der Waals surface area contributed by atoms with Gasteiger partial charge in [0, 0.05) is 12.5 Å². The first-order valence-electron chi connectivity index (χ1n) is 9.31. The number of thiazole rings is 1. The molecule has 0 saturated carbocycles. The van der Waals surface area contributed by atoms with Crippen LogP contribution in [0.2, 0.25) is 0 Å². The summed E-state index contributed by atoms with van der Waals surface area (Å²) in [5.41, 5.74) is -2.39. The average Bonchev–Trinajstić information content (AvgIpc) is 3.36. The van der Waals surface area contributed by atoms with Crippen molar-refractivity contribution in [1.29, 1.82) is 0 Å². The third-order valence-electron chi connectivity index (χ3n) is 4.38. The monoisotopic (exact) mass is 495 g/mol. The van der Waals surface area contributed by atoms with Gasteiger partial charge < -0.3 is 5.32 Å². The number of benzene rings is 1. The highest BCUT2D eigenvalue weighted by Crippen LogP contribution is 2.34. The number of rotatable bonds is 2. The van der Waals surface area contributed by atoms with Gasteiger partial charge in [0.1, 0.15) is 0 Å². The molecule has 4 rings (SSSR count). The number of hydrogen-bond donors (Lipinski definition) is 1. The molecule has 3 aromatic heterocycles. The molecule has 1 amide bonds. The number of nitrogens with one attached hydrogen (secondary N) is 1. The second kappa shape index (κ2) is 8.45. The maximum Gasteiger partial charge on any atom is 0.433 e. The Labute approximate surface area is 191 Å². The fourth-order valence-corrected chi connectivity index (χ4v) is 3.62. The predicted octanol–water partition coefficient (Wildman–Crippen LogP) is 5.25. The van der Waals surface area contributed by atoms with E-state index in [9.17, 15) is 31.1 Å². The number of carbonyl (C=O) groups is 1. The zero-order valence-electron chi connectivity index (χ0n) is 16.9. The van der Waals surface area contributed by atoms with Crippen molar-refractivity contribution in [2.75, 3.05) is 5.32 Å². The standard InChI is InChI=1S/C21H11F6N5OS/c1-11(33)30-19-28-10-15(34-19)7-4-13-9-29-32-17(21(25,26)27)8-16(31-18(13)32)12-2-5-14(6-3-12)20(22,23)24/h2-3,5-6,8-10H,1H3,(H,28,30,33). The fraction of sp³-hybridized carbons (Fsp3) is 0.143. The molecule has 6 nitrogen and oxygen atoms in total. The van der Waals surface area contributed by atoms with Gasteiger partial charge in [0.2, 0.25) is 5.91 Å². The van der Waals surface area contributed by atoms with Crippen LogP contribution >= 0.6 is 11.3 Å². The number of halogens is 6. The summed E-state index contributed by atoms with van der Waals surface area (Å²) in [6.07, 6.45) is -6.91. The van der Waals surface area contributed by atoms with Crippen LogP contribution in [-0.2, 0) is 17.1 Å². The Morgan fingerprint density at radius 1 is 1.03 bits per heavy atom. The van der Waals surface area contributed by atoms with Gasteiger partial charge >= 0.3 is 12.4 Å². The Balaban J connectivity index is 1.79. The maximum atomic E-state index is 13.7. The lowest BCUT2D eigenvalue weighted by Crippen LogP contribution is -2.13. The molecule has 13 heteroatoms. The van der Waals surface area contributed by atoms with Crippen molar-refractivity contribution < 1.29 is 31.1 Å². The normalized spacial score (nSPS) is 11.9. The molecule has 0 atom stereocenters. The van der Waals surface area contributed by atoms with E-state index in [-0.39, 0.29) is 28.4 Å². The molecule has 0 saturated heterocycles. The van der Waals surface area contributed by atoms with E-state index in [1.807, 2.05) is 0 Å². The highest BCUT2D eigenvalue weighted by molar-refractivity contribution is 7.16. The van der Waals surface area contributed by atoms with E-state index in [2.05, 4.69) is 32.2 Å². The van der Waals surface area contributed by atoms with Gasteiger partial charge in [-0.05, 0) is 24.1 Å². The number of alkyl halides is 6. The van der Waals surface area contributed by atoms with Gasteiger partial charge in [-0.2, -0.15) is 31.4 Å². The van der Waals surface area contributed by atoms with Crippen molar-refractivity contribution in [2.45, 2.75) is 19.3 Å². The minimum Gasteiger partial charge on any atom is -0.302 e. The molecule has 0 spiro atoms. The molecule has 1 N–H and O–H groups in total. The lowest BCUT2D eigenvalue weighted by atomic mass is 10.1. The Morgan fingerprint density at radius 3 is 2.35 bits per heavy atom. The van der Waals surface area contributed by atoms with Gasteiger partial charge in [-0.25, -0.2) is 14.5 Å². The summed E-state index contributed by atoms with van der Waals surface area (Å²) in [7, 11) is 0. The van der Waals surface area contributed by atoms with Crippen LogP contribution in [0.1, 0.15) is 28.6 Å². The van der Waals surface area contributed by atoms with Gasteiger partial charge in [0.15, 0.2) is 16.5 Å². The molecule has 4 aromatic rings. The zero-order valence-corrected chi connectivity index (χ0v) is 17.7. The first kappa shape index (κ1) is 23.2. The summed E-state index contributed by atoms with van der Waals surface area (Å²) in [6.45, 7) is 1.31. The summed E-state index contributed by atoms with van der Waals surface area (Å²) >= 11 is 1.06. The van der Waals surface area contributed by atoms with Gasteiger partial charge in [0.25, 0.3) is 0 Å². The van der Waals surface area contributed by atoms with Crippen molar-refractivity contribution in [3.05, 3.63) is 64.4 Å². The predicted molar refractivity (Wildman–Crippen MR) is 111 cm³/mol. The number of hydrogen-bond acceptors (Lipinski definition) is 5. The molecule has 0 bridgehead atoms. The summed E-state index contributed by atoms with van der Waals surface area (Å²) in [5.74, 6) is 5.09. The minimum absolute atomic E-state index is 0.0588. The topological polar surface area (TPSA) is 72.2 Å². The maximum absolute atomic E-state index is 13.7. The number of fused-ring (bicyclic) bond motifs is 1. The van der Waals surface area contributed by atoms with Crippen molar-refractivity contribution in [1.82, 2.24) is 19.6 Å². The molecule has 0 radical (unpaired) electrons. The Kier molecular flexibility index (Phi) is 5.78. The summed E-state index contributed by atoms with van der Waals surface area (Å²) in [4.78, 5) is 19.7. The molecule has 34 heavy (non-hydrogen) atoms. The summed E-state index contributed by atoms with van der Waals surface area (Å²) in [6, 6.07) is 4.33. The minimum atomic E-state index is -4.82. The van der Waals surface area contributed by atoms with Crippen molar-refractivity contribution in [3.8, 4) is 23.1 Å². The van der Waals surface area contributed by atoms with Crippen molar-refractivity contribution >= 4 is 28.0 Å². The Bertz CT molecular complexity index is 1440. The molecule has 0 unspecified atom stereocenters. The van der Waals surface area contributed by atoms with Crippen LogP contribution in [0.3, 0.4) is 0 Å². The van der Waals surface area contributed by atoms with Crippen LogP contribution in [0.5, 0.6) is 0 Å². The van der Waals surface area contributed by atoms with E-state index in [4.69, 9.17) is 0 Å². The van der Waals surface area contributed by atoms with E-state index in [1.165, 1.54) is 13.1 Å². The Hall–Kier alpha value is -3.92. The zero-order chi connectivity index (χ0) is 24.7. The van der Waals surface area contributed by atoms with Crippen LogP contribution in [0, 0.1) is 11.8 Å². The fourth-order valence-electron chi connectivity index (χ4n) is 2.90. The van der Waals surface area contributed by atoms with E-state index in [1.54, 1.807) is 0 Å². The van der Waals surface area contributed by atoms with Gasteiger partial charge in [0.05, 0.1) is 34.1 Å². The quantitative estimate of drug-likeness (QED) is 0.305. The van der Waals surface area contributed by atoms with Crippen molar-refractivity contribution in [2.24, 2.45) is 0 Å². The highest BCUT2D eigenvalue weighted by atomic mass is 32.1. The molecule has 0 aliphatic heterocycles. The molecular weight excluding hydrogens is 484 g/mol. The number of carbonyl (C=O) groups excluding carboxylic acids is 1. The smallest absolute Gasteiger partial charge is 0.302 e. The molecule has 0 aliphatic rings. The number of nitrogens with zero attached hydrogens (tertiary/aromatic N) is 4. The molecule has 3 heterocycles. The first-order chi connectivity index (χ1) is 15.9. The molecule has 1 aromatic carbocycles. The number of aromatic nitrogens is 4. The number of anilines is 1. The summed E-state index contributed by atoms with van der Waals surface area (Å²) in [5, 5.41) is 6.53. The van der Waals surface area contributed by atoms with E-state index in [0.717, 1.165) is 41.8 Å². The van der Waals surface area contributed by atoms with Crippen LogP contribution < -0.4 is 5.32 Å². The van der Waals surface area contributed by atoms with Gasteiger partial charge in [-0.15, -0.1) is 0 Å². The second-order valence-electron chi connectivity index (χ2n) is 6.85. The molecular formula is C21H11F6N5OS. The lowest BCUT2D eigenvalue weighted by Gasteiger charge is -2.12. The average molecular weight is 495 g/mol. The molecule has 174 valence electrons. The molecule has 0 aliphatic carbocycles. The largest absolute Gasteiger partial charge is 0.433 e. The SMILES string of the molecule is CC(=O)Nc1ncc(C#Cc2cnn3c(C(F)(F)F)cc(-c4ccc(C(F)(F)F)cc4)nc23)s1. The van der Waals surface area contributed by atoms with Crippen LogP contribution in [-0.4, -0.2) is 25.5 Å². The van der Waals surface area contributed by atoms with Crippen molar-refractivity contribution in [3.63, 3.8) is 0 Å². The van der Waals surface area contributed by atoms with E-state index < -0.39 is 23.6 Å². The second-order valence-corrected chi connectivity index (χ2v) is 7.88. The third kappa shape index (κ3) is 4.86. The first-order valence-corrected chi connectivity index (χ1v) is 10.1. The van der Waals surface area contributed by atoms with Gasteiger partial charge in [-0.3, -0.25) is 4.79 Å². The third-order valence-corrected chi connectivity index (χ3v) is 5.21. The highest BCUT2D eigenvalue weighted by Gasteiger charge is 2.36. The lowest BCUT2D eigenvalue weighted by molar-refractivity contribution is -0.142. The van der Waals surface area contributed by atoms with Crippen LogP contribution in [0.15, 0.2) is 42.7 Å². The van der Waals surface area contributed by atoms with E-state index in [0.29, 0.717) is 20.6 Å².